The lowest BCUT2D eigenvalue weighted by molar-refractivity contribution is 0.626. The van der Waals surface area contributed by atoms with E-state index in [1.165, 1.54) is 24.4 Å². The lowest BCUT2D eigenvalue weighted by Crippen LogP contribution is -2.10. The summed E-state index contributed by atoms with van der Waals surface area (Å²) in [5.74, 6) is 1.30. The molecule has 0 radical (unpaired) electrons. The number of nitrogens with zero attached hydrogens (tertiary/aromatic N) is 3. The molecule has 0 aliphatic carbocycles. The summed E-state index contributed by atoms with van der Waals surface area (Å²) in [5, 5.41) is 14.5. The highest BCUT2D eigenvalue weighted by atomic mass is 19.1. The molecule has 1 aromatic carbocycles. The number of anilines is 3. The van der Waals surface area contributed by atoms with Crippen LogP contribution >= 0.6 is 0 Å². The fourth-order valence-electron chi connectivity index (χ4n) is 2.57. The van der Waals surface area contributed by atoms with E-state index < -0.39 is 0 Å². The molecule has 0 aliphatic heterocycles. The summed E-state index contributed by atoms with van der Waals surface area (Å²) < 4.78 is 13.2. The highest BCUT2D eigenvalue weighted by Crippen LogP contribution is 2.23. The first-order chi connectivity index (χ1) is 13.5. The van der Waals surface area contributed by atoms with Crippen molar-refractivity contribution in [2.45, 2.75) is 13.0 Å². The van der Waals surface area contributed by atoms with E-state index in [4.69, 9.17) is 11.1 Å². The van der Waals surface area contributed by atoms with Crippen LogP contribution in [0.1, 0.15) is 24.1 Å². The second kappa shape index (κ2) is 8.72. The third-order valence-electron chi connectivity index (χ3n) is 3.95. The van der Waals surface area contributed by atoms with Gasteiger partial charge in [-0.1, -0.05) is 12.1 Å². The van der Waals surface area contributed by atoms with Gasteiger partial charge < -0.3 is 21.8 Å². The Bertz CT molecular complexity index is 972. The molecule has 3 rings (SSSR count). The molecule has 2 aromatic heterocycles. The molecular formula is C20H20FN7. The van der Waals surface area contributed by atoms with Gasteiger partial charge in [0.2, 0.25) is 0 Å². The van der Waals surface area contributed by atoms with Gasteiger partial charge >= 0.3 is 0 Å². The average molecular weight is 377 g/mol. The smallest absolute Gasteiger partial charge is 0.150 e. The molecule has 1 atom stereocenters. The van der Waals surface area contributed by atoms with Crippen molar-refractivity contribution in [1.29, 1.82) is 5.41 Å². The van der Waals surface area contributed by atoms with Gasteiger partial charge in [-0.25, -0.2) is 14.4 Å². The number of hydrogen-bond acceptors (Lipinski definition) is 7. The first kappa shape index (κ1) is 19.0. The van der Waals surface area contributed by atoms with E-state index in [1.807, 2.05) is 6.92 Å². The van der Waals surface area contributed by atoms with Gasteiger partial charge in [0.25, 0.3) is 0 Å². The van der Waals surface area contributed by atoms with Crippen LogP contribution < -0.4 is 16.4 Å². The van der Waals surface area contributed by atoms with Crippen LogP contribution in [-0.2, 0) is 0 Å². The van der Waals surface area contributed by atoms with Crippen LogP contribution in [0.4, 0.5) is 21.8 Å². The molecular weight excluding hydrogens is 357 g/mol. The average Bonchev–Trinajstić information content (AvgIpc) is 2.69. The van der Waals surface area contributed by atoms with Gasteiger partial charge in [-0.3, -0.25) is 4.98 Å². The molecule has 5 N–H and O–H groups in total. The number of halogens is 1. The summed E-state index contributed by atoms with van der Waals surface area (Å²) in [6, 6.07) is 9.63. The van der Waals surface area contributed by atoms with E-state index in [2.05, 4.69) is 25.6 Å². The van der Waals surface area contributed by atoms with Crippen molar-refractivity contribution in [3.63, 3.8) is 0 Å². The number of benzene rings is 1. The molecule has 7 nitrogen and oxygen atoms in total. The third-order valence-corrected chi connectivity index (χ3v) is 3.95. The Hall–Kier alpha value is -3.81. The number of nitrogens with one attached hydrogen (secondary N) is 3. The van der Waals surface area contributed by atoms with Gasteiger partial charge in [0.15, 0.2) is 0 Å². The van der Waals surface area contributed by atoms with Crippen molar-refractivity contribution in [3.05, 3.63) is 84.2 Å². The quantitative estimate of drug-likeness (QED) is 0.466. The lowest BCUT2D eigenvalue weighted by atomic mass is 10.1. The molecule has 8 heteroatoms. The molecule has 0 amide bonds. The third kappa shape index (κ3) is 4.88. The number of allylic oxidation sites excluding steroid dienone is 1. The van der Waals surface area contributed by atoms with Crippen molar-refractivity contribution in [3.8, 4) is 0 Å². The maximum Gasteiger partial charge on any atom is 0.150 e. The second-order valence-corrected chi connectivity index (χ2v) is 6.03. The van der Waals surface area contributed by atoms with E-state index in [0.717, 1.165) is 5.56 Å². The van der Waals surface area contributed by atoms with Gasteiger partial charge in [0.1, 0.15) is 23.3 Å². The molecule has 0 unspecified atom stereocenters. The molecule has 0 saturated heterocycles. The molecule has 0 spiro atoms. The summed E-state index contributed by atoms with van der Waals surface area (Å²) in [4.78, 5) is 12.7. The van der Waals surface area contributed by atoms with Crippen molar-refractivity contribution < 1.29 is 4.39 Å². The minimum absolute atomic E-state index is 0.119. The molecule has 3 aromatic rings. The fraction of sp³-hybridized carbons (Fsp3) is 0.100. The number of hydrogen-bond donors (Lipinski definition) is 4. The Labute approximate surface area is 162 Å². The monoisotopic (exact) mass is 377 g/mol. The molecule has 142 valence electrons. The lowest BCUT2D eigenvalue weighted by Gasteiger charge is -2.17. The Morgan fingerprint density at radius 3 is 2.57 bits per heavy atom. The van der Waals surface area contributed by atoms with Crippen LogP contribution in [0, 0.1) is 11.2 Å². The zero-order valence-corrected chi connectivity index (χ0v) is 15.2. The van der Waals surface area contributed by atoms with E-state index in [9.17, 15) is 4.39 Å². The normalized spacial score (nSPS) is 11.9. The van der Waals surface area contributed by atoms with Gasteiger partial charge in [-0.2, -0.15) is 0 Å². The van der Waals surface area contributed by atoms with Crippen molar-refractivity contribution in [2.75, 3.05) is 10.6 Å². The molecule has 2 heterocycles. The van der Waals surface area contributed by atoms with Gasteiger partial charge in [0, 0.05) is 24.0 Å². The van der Waals surface area contributed by atoms with E-state index in [0.29, 0.717) is 23.0 Å². The van der Waals surface area contributed by atoms with Crippen LogP contribution in [0.2, 0.25) is 0 Å². The van der Waals surface area contributed by atoms with Crippen molar-refractivity contribution >= 4 is 23.2 Å². The number of pyridine rings is 1. The van der Waals surface area contributed by atoms with Gasteiger partial charge in [-0.05, 0) is 49.0 Å². The molecule has 0 saturated carbocycles. The summed E-state index contributed by atoms with van der Waals surface area (Å²) in [7, 11) is 0. The fourth-order valence-corrected chi connectivity index (χ4v) is 2.57. The highest BCUT2D eigenvalue weighted by molar-refractivity contribution is 6.07. The van der Waals surface area contributed by atoms with E-state index in [1.54, 1.807) is 42.9 Å². The SMILES string of the molecule is C[C@H](Nc1cc(C(=N)/C=C\N)cc(Nc2cnccn2)n1)c1ccc(F)cc1. The zero-order chi connectivity index (χ0) is 19.9. The minimum atomic E-state index is -0.284. The summed E-state index contributed by atoms with van der Waals surface area (Å²) >= 11 is 0. The topological polar surface area (TPSA) is 113 Å². The first-order valence-corrected chi connectivity index (χ1v) is 8.59. The standard InChI is InChI=1S/C20H20FN7/c1-13(14-2-4-16(21)5-3-14)26-18-10-15(17(23)6-7-22)11-19(27-18)28-20-12-24-8-9-25-20/h2-13,23H,22H2,1H3,(H2,25,26,27,28)/b7-6-,23-17?/t13-/m0/s1. The predicted molar refractivity (Wildman–Crippen MR) is 108 cm³/mol. The highest BCUT2D eigenvalue weighted by Gasteiger charge is 2.11. The number of aromatic nitrogens is 3. The molecule has 0 fully saturated rings. The van der Waals surface area contributed by atoms with Gasteiger partial charge in [0.05, 0.1) is 11.9 Å². The maximum atomic E-state index is 13.2. The molecule has 28 heavy (non-hydrogen) atoms. The van der Waals surface area contributed by atoms with Crippen LogP contribution in [0.25, 0.3) is 0 Å². The summed E-state index contributed by atoms with van der Waals surface area (Å²) in [5.41, 5.74) is 7.19. The number of rotatable bonds is 7. The molecule has 0 aliphatic rings. The Kier molecular flexibility index (Phi) is 5.91. The van der Waals surface area contributed by atoms with Crippen LogP contribution in [0.3, 0.4) is 0 Å². The molecule has 0 bridgehead atoms. The van der Waals surface area contributed by atoms with Crippen LogP contribution in [0.15, 0.2) is 67.3 Å². The van der Waals surface area contributed by atoms with Crippen molar-refractivity contribution in [1.82, 2.24) is 15.0 Å². The van der Waals surface area contributed by atoms with Crippen molar-refractivity contribution in [2.24, 2.45) is 5.73 Å². The van der Waals surface area contributed by atoms with E-state index in [-0.39, 0.29) is 17.6 Å². The maximum absolute atomic E-state index is 13.2. The largest absolute Gasteiger partial charge is 0.405 e. The van der Waals surface area contributed by atoms with E-state index >= 15 is 0 Å². The van der Waals surface area contributed by atoms with Crippen LogP contribution in [0.5, 0.6) is 0 Å². The second-order valence-electron chi connectivity index (χ2n) is 6.03. The van der Waals surface area contributed by atoms with Gasteiger partial charge in [-0.15, -0.1) is 0 Å². The summed E-state index contributed by atoms with van der Waals surface area (Å²) in [6.45, 7) is 1.95. The Morgan fingerprint density at radius 1 is 1.14 bits per heavy atom. The minimum Gasteiger partial charge on any atom is -0.405 e. The summed E-state index contributed by atoms with van der Waals surface area (Å²) in [6.07, 6.45) is 7.53. The van der Waals surface area contributed by atoms with Crippen LogP contribution in [-0.4, -0.2) is 20.7 Å². The predicted octanol–water partition coefficient (Wildman–Crippen LogP) is 3.77. The zero-order valence-electron chi connectivity index (χ0n) is 15.2. The Morgan fingerprint density at radius 2 is 1.89 bits per heavy atom. The Balaban J connectivity index is 1.89. The first-order valence-electron chi connectivity index (χ1n) is 8.59. The number of nitrogens with two attached hydrogens (primary N) is 1.